The first-order chi connectivity index (χ1) is 21.7. The van der Waals surface area contributed by atoms with Gasteiger partial charge in [-0.1, -0.05) is 49.4 Å². The van der Waals surface area contributed by atoms with Gasteiger partial charge in [0.2, 0.25) is 5.91 Å². The molecule has 1 fully saturated rings. The van der Waals surface area contributed by atoms with E-state index in [-0.39, 0.29) is 17.0 Å². The fraction of sp³-hybridized carbons (Fsp3) is 0.216. The number of allylic oxidation sites excluding steroid dienone is 1. The fourth-order valence-corrected chi connectivity index (χ4v) is 5.59. The minimum atomic E-state index is -0.729. The molecule has 5 rings (SSSR count). The lowest BCUT2D eigenvalue weighted by atomic mass is 9.90. The highest BCUT2D eigenvalue weighted by atomic mass is 19.1. The SMILES string of the molecule is CCc1ccc(-c2cc(N3CCCC3=O)ccc2-c2ccc(NC)c(C(=N)C(=O)Nc3cccc(C=C(C)NC)c3)c2F)cc1. The number of carbonyl (C=O) groups is 2. The van der Waals surface area contributed by atoms with Gasteiger partial charge in [-0.25, -0.2) is 4.39 Å². The number of halogens is 1. The molecular formula is C37H38FN5O2. The summed E-state index contributed by atoms with van der Waals surface area (Å²) in [7, 11) is 3.46. The molecule has 2 amide bonds. The molecule has 8 heteroatoms. The monoisotopic (exact) mass is 603 g/mol. The largest absolute Gasteiger partial charge is 0.392 e. The van der Waals surface area contributed by atoms with Crippen molar-refractivity contribution in [3.8, 4) is 22.3 Å². The van der Waals surface area contributed by atoms with Crippen LogP contribution >= 0.6 is 0 Å². The van der Waals surface area contributed by atoms with Gasteiger partial charge in [-0.05, 0) is 90.1 Å². The Hall–Kier alpha value is -5.24. The van der Waals surface area contributed by atoms with Gasteiger partial charge in [-0.3, -0.25) is 15.0 Å². The van der Waals surface area contributed by atoms with Gasteiger partial charge in [0.1, 0.15) is 11.5 Å². The second kappa shape index (κ2) is 13.6. The van der Waals surface area contributed by atoms with Crippen LogP contribution in [0.25, 0.3) is 28.3 Å². The molecule has 0 unspecified atom stereocenters. The first-order valence-electron chi connectivity index (χ1n) is 15.1. The third kappa shape index (κ3) is 6.65. The van der Waals surface area contributed by atoms with Crippen LogP contribution in [0.15, 0.2) is 84.6 Å². The van der Waals surface area contributed by atoms with Gasteiger partial charge in [-0.2, -0.15) is 0 Å². The normalized spacial score (nSPS) is 13.1. The van der Waals surface area contributed by atoms with E-state index in [0.717, 1.165) is 40.9 Å². The number of aryl methyl sites for hydroxylation is 1. The second-order valence-electron chi connectivity index (χ2n) is 11.1. The molecule has 4 aromatic carbocycles. The highest BCUT2D eigenvalue weighted by Crippen LogP contribution is 2.39. The summed E-state index contributed by atoms with van der Waals surface area (Å²) in [6.45, 7) is 4.66. The summed E-state index contributed by atoms with van der Waals surface area (Å²) in [6, 6.07) is 24.3. The molecule has 1 heterocycles. The van der Waals surface area contributed by atoms with E-state index in [2.05, 4.69) is 22.9 Å². The smallest absolute Gasteiger partial charge is 0.274 e. The summed E-state index contributed by atoms with van der Waals surface area (Å²) in [4.78, 5) is 27.7. The van der Waals surface area contributed by atoms with Crippen molar-refractivity contribution < 1.29 is 14.0 Å². The summed E-state index contributed by atoms with van der Waals surface area (Å²) >= 11 is 0. The van der Waals surface area contributed by atoms with E-state index in [9.17, 15) is 9.59 Å². The van der Waals surface area contributed by atoms with Crippen molar-refractivity contribution in [3.05, 3.63) is 107 Å². The molecule has 0 spiro atoms. The number of benzene rings is 4. The van der Waals surface area contributed by atoms with Crippen LogP contribution in [0.1, 0.15) is 43.4 Å². The molecule has 0 aliphatic carbocycles. The van der Waals surface area contributed by atoms with Gasteiger partial charge in [0.15, 0.2) is 0 Å². The van der Waals surface area contributed by atoms with E-state index in [1.54, 1.807) is 36.2 Å². The van der Waals surface area contributed by atoms with E-state index in [4.69, 9.17) is 5.41 Å². The van der Waals surface area contributed by atoms with Crippen LogP contribution < -0.4 is 20.9 Å². The van der Waals surface area contributed by atoms with Gasteiger partial charge in [0.05, 0.1) is 5.56 Å². The van der Waals surface area contributed by atoms with Crippen molar-refractivity contribution in [3.63, 3.8) is 0 Å². The van der Waals surface area contributed by atoms with Crippen LogP contribution in [0.3, 0.4) is 0 Å². The van der Waals surface area contributed by atoms with Gasteiger partial charge in [0, 0.05) is 55.4 Å². The number of amides is 2. The van der Waals surface area contributed by atoms with Crippen molar-refractivity contribution in [2.75, 3.05) is 36.2 Å². The van der Waals surface area contributed by atoms with Crippen LogP contribution in [0.2, 0.25) is 0 Å². The van der Waals surface area contributed by atoms with E-state index in [1.165, 1.54) is 5.56 Å². The lowest BCUT2D eigenvalue weighted by molar-refractivity contribution is -0.117. The third-order valence-electron chi connectivity index (χ3n) is 8.16. The molecule has 0 atom stereocenters. The Balaban J connectivity index is 1.56. The van der Waals surface area contributed by atoms with Crippen molar-refractivity contribution in [2.45, 2.75) is 33.1 Å². The van der Waals surface area contributed by atoms with E-state index < -0.39 is 17.4 Å². The minimum Gasteiger partial charge on any atom is -0.392 e. The minimum absolute atomic E-state index is 0.0695. The molecule has 4 aromatic rings. The maximum absolute atomic E-state index is 16.6. The van der Waals surface area contributed by atoms with Gasteiger partial charge < -0.3 is 20.9 Å². The maximum Gasteiger partial charge on any atom is 0.274 e. The molecule has 1 saturated heterocycles. The number of hydrogen-bond donors (Lipinski definition) is 4. The van der Waals surface area contributed by atoms with Crippen LogP contribution in [0, 0.1) is 11.2 Å². The zero-order valence-corrected chi connectivity index (χ0v) is 26.1. The molecule has 230 valence electrons. The fourth-order valence-electron chi connectivity index (χ4n) is 5.59. The average Bonchev–Trinajstić information content (AvgIpc) is 3.49. The third-order valence-corrected chi connectivity index (χ3v) is 8.16. The van der Waals surface area contributed by atoms with E-state index >= 15 is 4.39 Å². The number of rotatable bonds is 10. The van der Waals surface area contributed by atoms with Crippen LogP contribution in [0.4, 0.5) is 21.5 Å². The molecular weight excluding hydrogens is 565 g/mol. The summed E-state index contributed by atoms with van der Waals surface area (Å²) in [6.07, 6.45) is 4.12. The Morgan fingerprint density at radius 2 is 1.73 bits per heavy atom. The molecule has 1 aliphatic rings. The Labute approximate surface area is 263 Å². The molecule has 45 heavy (non-hydrogen) atoms. The zero-order valence-electron chi connectivity index (χ0n) is 26.1. The van der Waals surface area contributed by atoms with Crippen molar-refractivity contribution in [1.82, 2.24) is 5.32 Å². The number of carbonyl (C=O) groups excluding carboxylic acids is 2. The quantitative estimate of drug-likeness (QED) is 0.141. The lowest BCUT2D eigenvalue weighted by Crippen LogP contribution is -2.25. The first-order valence-corrected chi connectivity index (χ1v) is 15.1. The topological polar surface area (TPSA) is 97.3 Å². The second-order valence-corrected chi connectivity index (χ2v) is 11.1. The van der Waals surface area contributed by atoms with Gasteiger partial charge in [0.25, 0.3) is 5.91 Å². The highest BCUT2D eigenvalue weighted by molar-refractivity contribution is 6.48. The van der Waals surface area contributed by atoms with Crippen molar-refractivity contribution in [1.29, 1.82) is 5.41 Å². The van der Waals surface area contributed by atoms with Crippen molar-refractivity contribution >= 4 is 40.7 Å². The molecule has 4 N–H and O–H groups in total. The number of nitrogens with one attached hydrogen (secondary N) is 4. The summed E-state index contributed by atoms with van der Waals surface area (Å²) in [5.41, 5.74) is 6.44. The molecule has 0 radical (unpaired) electrons. The predicted octanol–water partition coefficient (Wildman–Crippen LogP) is 7.48. The standard InChI is InChI=1S/C37H38FN5O2/c1-5-24-11-13-26(14-12-24)31-22-28(43-19-7-10-33(43)44)15-16-29(31)30-17-18-32(41-4)34(35(30)38)36(39)37(45)42-27-9-6-8-25(21-27)20-23(2)40-3/h6,8-9,11-18,20-22,39-41H,5,7,10,19H2,1-4H3,(H,42,45). The van der Waals surface area contributed by atoms with Crippen LogP contribution in [-0.2, 0) is 16.0 Å². The Morgan fingerprint density at radius 1 is 0.978 bits per heavy atom. The summed E-state index contributed by atoms with van der Waals surface area (Å²) in [5, 5.41) is 17.6. The van der Waals surface area contributed by atoms with Gasteiger partial charge in [-0.15, -0.1) is 0 Å². The zero-order chi connectivity index (χ0) is 32.1. The van der Waals surface area contributed by atoms with Crippen LogP contribution in [-0.4, -0.2) is 38.2 Å². The lowest BCUT2D eigenvalue weighted by Gasteiger charge is -2.21. The molecule has 7 nitrogen and oxygen atoms in total. The van der Waals surface area contributed by atoms with Gasteiger partial charge >= 0.3 is 0 Å². The van der Waals surface area contributed by atoms with Crippen LogP contribution in [0.5, 0.6) is 0 Å². The Bertz CT molecular complexity index is 1800. The number of anilines is 3. The van der Waals surface area contributed by atoms with Crippen molar-refractivity contribution in [2.24, 2.45) is 0 Å². The highest BCUT2D eigenvalue weighted by Gasteiger charge is 2.26. The number of nitrogens with zero attached hydrogens (tertiary/aromatic N) is 1. The predicted molar refractivity (Wildman–Crippen MR) is 182 cm³/mol. The summed E-state index contributed by atoms with van der Waals surface area (Å²) < 4.78 is 16.6. The molecule has 0 aromatic heterocycles. The first kappa shape index (κ1) is 31.2. The Kier molecular flexibility index (Phi) is 9.42. The van der Waals surface area contributed by atoms with E-state index in [0.29, 0.717) is 29.9 Å². The average molecular weight is 604 g/mol. The molecule has 0 saturated carbocycles. The number of hydrogen-bond acceptors (Lipinski definition) is 5. The van der Waals surface area contributed by atoms with E-state index in [1.807, 2.05) is 74.6 Å². The molecule has 1 aliphatic heterocycles. The summed E-state index contributed by atoms with van der Waals surface area (Å²) in [5.74, 6) is -1.34. The Morgan fingerprint density at radius 3 is 2.40 bits per heavy atom. The molecule has 0 bridgehead atoms. The maximum atomic E-state index is 16.6.